The number of nitrogens with zero attached hydrogens (tertiary/aromatic N) is 1. The fourth-order valence-corrected chi connectivity index (χ4v) is 3.17. The highest BCUT2D eigenvalue weighted by molar-refractivity contribution is 6.04. The third-order valence-corrected chi connectivity index (χ3v) is 4.71. The lowest BCUT2D eigenvalue weighted by atomic mass is 10.1. The zero-order valence-corrected chi connectivity index (χ0v) is 15.7. The first-order valence-electron chi connectivity index (χ1n) is 9.35. The van der Waals surface area contributed by atoms with Crippen LogP contribution in [0.25, 0.3) is 0 Å². The van der Waals surface area contributed by atoms with Crippen molar-refractivity contribution in [1.29, 1.82) is 0 Å². The van der Waals surface area contributed by atoms with Crippen LogP contribution in [0.3, 0.4) is 0 Å². The van der Waals surface area contributed by atoms with Crippen molar-refractivity contribution in [3.05, 3.63) is 58.9 Å². The SMILES string of the molecule is CCc1cccc(C)c1NC(=O)c1cccc(C(=O)NCC2CCCO2)n1. The van der Waals surface area contributed by atoms with E-state index in [4.69, 9.17) is 4.74 Å². The quantitative estimate of drug-likeness (QED) is 0.822. The number of para-hydroxylation sites is 1. The average Bonchev–Trinajstić information content (AvgIpc) is 3.21. The molecule has 6 heteroatoms. The summed E-state index contributed by atoms with van der Waals surface area (Å²) < 4.78 is 5.50. The van der Waals surface area contributed by atoms with E-state index in [2.05, 4.69) is 15.6 Å². The number of pyridine rings is 1. The summed E-state index contributed by atoms with van der Waals surface area (Å²) in [6, 6.07) is 10.8. The number of anilines is 1. The first kappa shape index (κ1) is 19.0. The molecule has 142 valence electrons. The van der Waals surface area contributed by atoms with Gasteiger partial charge in [-0.15, -0.1) is 0 Å². The molecule has 2 aromatic rings. The summed E-state index contributed by atoms with van der Waals surface area (Å²) in [5, 5.41) is 5.76. The minimum absolute atomic E-state index is 0.0638. The van der Waals surface area contributed by atoms with Gasteiger partial charge in [-0.2, -0.15) is 0 Å². The number of hydrogen-bond acceptors (Lipinski definition) is 4. The van der Waals surface area contributed by atoms with Crippen LogP contribution >= 0.6 is 0 Å². The van der Waals surface area contributed by atoms with Crippen molar-refractivity contribution < 1.29 is 14.3 Å². The summed E-state index contributed by atoms with van der Waals surface area (Å²) in [6.45, 7) is 5.20. The number of ether oxygens (including phenoxy) is 1. The maximum Gasteiger partial charge on any atom is 0.274 e. The Morgan fingerprint density at radius 1 is 1.15 bits per heavy atom. The molecule has 27 heavy (non-hydrogen) atoms. The molecule has 3 rings (SSSR count). The number of amides is 2. The number of rotatable bonds is 6. The number of benzene rings is 1. The predicted molar refractivity (Wildman–Crippen MR) is 104 cm³/mol. The molecule has 0 radical (unpaired) electrons. The molecule has 1 fully saturated rings. The summed E-state index contributed by atoms with van der Waals surface area (Å²) in [4.78, 5) is 29.2. The van der Waals surface area contributed by atoms with Crippen LogP contribution in [0, 0.1) is 6.92 Å². The summed E-state index contributed by atoms with van der Waals surface area (Å²) in [6.07, 6.45) is 2.85. The smallest absolute Gasteiger partial charge is 0.274 e. The summed E-state index contributed by atoms with van der Waals surface area (Å²) in [7, 11) is 0. The van der Waals surface area contributed by atoms with Crippen LogP contribution in [-0.4, -0.2) is 36.1 Å². The second-order valence-electron chi connectivity index (χ2n) is 6.67. The van der Waals surface area contributed by atoms with Crippen molar-refractivity contribution in [2.24, 2.45) is 0 Å². The molecule has 1 unspecified atom stereocenters. The Hall–Kier alpha value is -2.73. The molecule has 2 amide bonds. The van der Waals surface area contributed by atoms with Gasteiger partial charge in [-0.3, -0.25) is 9.59 Å². The van der Waals surface area contributed by atoms with Crippen molar-refractivity contribution in [1.82, 2.24) is 10.3 Å². The fraction of sp³-hybridized carbons (Fsp3) is 0.381. The lowest BCUT2D eigenvalue weighted by Gasteiger charge is -2.13. The number of nitrogens with one attached hydrogen (secondary N) is 2. The lowest BCUT2D eigenvalue weighted by molar-refractivity contribution is 0.0853. The second-order valence-corrected chi connectivity index (χ2v) is 6.67. The minimum Gasteiger partial charge on any atom is -0.376 e. The molecule has 2 N–H and O–H groups in total. The van der Waals surface area contributed by atoms with Crippen LogP contribution in [-0.2, 0) is 11.2 Å². The van der Waals surface area contributed by atoms with Crippen molar-refractivity contribution in [3.8, 4) is 0 Å². The standard InChI is InChI=1S/C21H25N3O3/c1-3-15-8-4-7-14(2)19(15)24-21(26)18-11-5-10-17(23-18)20(25)22-13-16-9-6-12-27-16/h4-5,7-8,10-11,16H,3,6,9,12-13H2,1-2H3,(H,22,25)(H,24,26). The van der Waals surface area contributed by atoms with Gasteiger partial charge in [-0.25, -0.2) is 4.98 Å². The Bertz CT molecular complexity index is 829. The molecule has 0 saturated carbocycles. The maximum absolute atomic E-state index is 12.7. The van der Waals surface area contributed by atoms with E-state index in [1.54, 1.807) is 18.2 Å². The zero-order chi connectivity index (χ0) is 19.2. The molecule has 1 aliphatic heterocycles. The molecule has 1 saturated heterocycles. The van der Waals surface area contributed by atoms with Gasteiger partial charge in [-0.05, 0) is 49.4 Å². The first-order chi connectivity index (χ1) is 13.1. The largest absolute Gasteiger partial charge is 0.376 e. The first-order valence-corrected chi connectivity index (χ1v) is 9.35. The molecular formula is C21H25N3O3. The van der Waals surface area contributed by atoms with Crippen LogP contribution in [0.5, 0.6) is 0 Å². The lowest BCUT2D eigenvalue weighted by Crippen LogP contribution is -2.32. The van der Waals surface area contributed by atoms with E-state index in [1.165, 1.54) is 0 Å². The second kappa shape index (κ2) is 8.77. The molecule has 1 atom stereocenters. The van der Waals surface area contributed by atoms with Gasteiger partial charge in [0.1, 0.15) is 11.4 Å². The monoisotopic (exact) mass is 367 g/mol. The summed E-state index contributed by atoms with van der Waals surface area (Å²) in [5.41, 5.74) is 3.30. The fourth-order valence-electron chi connectivity index (χ4n) is 3.17. The topological polar surface area (TPSA) is 80.3 Å². The van der Waals surface area contributed by atoms with Crippen molar-refractivity contribution in [3.63, 3.8) is 0 Å². The van der Waals surface area contributed by atoms with Gasteiger partial charge in [0.2, 0.25) is 0 Å². The molecule has 0 bridgehead atoms. The van der Waals surface area contributed by atoms with Gasteiger partial charge < -0.3 is 15.4 Å². The average molecular weight is 367 g/mol. The Balaban J connectivity index is 1.69. The van der Waals surface area contributed by atoms with E-state index in [0.29, 0.717) is 6.54 Å². The highest BCUT2D eigenvalue weighted by Gasteiger charge is 2.18. The van der Waals surface area contributed by atoms with E-state index in [1.807, 2.05) is 32.0 Å². The minimum atomic E-state index is -0.326. The molecule has 1 aromatic heterocycles. The van der Waals surface area contributed by atoms with Gasteiger partial charge in [0.15, 0.2) is 0 Å². The normalized spacial score (nSPS) is 16.1. The number of carbonyl (C=O) groups excluding carboxylic acids is 2. The van der Waals surface area contributed by atoms with Crippen LogP contribution in [0.1, 0.15) is 51.9 Å². The zero-order valence-electron chi connectivity index (χ0n) is 15.7. The molecule has 0 aliphatic carbocycles. The van der Waals surface area contributed by atoms with Crippen molar-refractivity contribution in [2.75, 3.05) is 18.5 Å². The highest BCUT2D eigenvalue weighted by atomic mass is 16.5. The predicted octanol–water partition coefficient (Wildman–Crippen LogP) is 3.11. The number of aromatic nitrogens is 1. The van der Waals surface area contributed by atoms with Crippen LogP contribution in [0.15, 0.2) is 36.4 Å². The van der Waals surface area contributed by atoms with E-state index in [9.17, 15) is 9.59 Å². The Kier molecular flexibility index (Phi) is 6.19. The third kappa shape index (κ3) is 4.71. The number of hydrogen-bond donors (Lipinski definition) is 2. The van der Waals surface area contributed by atoms with Gasteiger partial charge in [0.25, 0.3) is 11.8 Å². The van der Waals surface area contributed by atoms with Crippen LogP contribution in [0.2, 0.25) is 0 Å². The molecular weight excluding hydrogens is 342 g/mol. The Morgan fingerprint density at radius 3 is 2.59 bits per heavy atom. The molecule has 0 spiro atoms. The van der Waals surface area contributed by atoms with Crippen LogP contribution in [0.4, 0.5) is 5.69 Å². The van der Waals surface area contributed by atoms with E-state index >= 15 is 0 Å². The molecule has 6 nitrogen and oxygen atoms in total. The van der Waals surface area contributed by atoms with Crippen molar-refractivity contribution >= 4 is 17.5 Å². The van der Waals surface area contributed by atoms with E-state index < -0.39 is 0 Å². The van der Waals surface area contributed by atoms with Gasteiger partial charge in [0, 0.05) is 18.8 Å². The van der Waals surface area contributed by atoms with E-state index in [0.717, 1.165) is 42.7 Å². The Morgan fingerprint density at radius 2 is 1.89 bits per heavy atom. The molecule has 2 heterocycles. The van der Waals surface area contributed by atoms with Crippen molar-refractivity contribution in [2.45, 2.75) is 39.2 Å². The third-order valence-electron chi connectivity index (χ3n) is 4.71. The number of carbonyl (C=O) groups is 2. The Labute approximate surface area is 159 Å². The summed E-state index contributed by atoms with van der Waals surface area (Å²) in [5.74, 6) is -0.627. The maximum atomic E-state index is 12.7. The molecule has 1 aliphatic rings. The van der Waals surface area contributed by atoms with Gasteiger partial charge in [-0.1, -0.05) is 31.2 Å². The number of aryl methyl sites for hydroxylation is 2. The highest BCUT2D eigenvalue weighted by Crippen LogP contribution is 2.21. The van der Waals surface area contributed by atoms with Gasteiger partial charge >= 0.3 is 0 Å². The van der Waals surface area contributed by atoms with Gasteiger partial charge in [0.05, 0.1) is 6.10 Å². The summed E-state index contributed by atoms with van der Waals surface area (Å²) >= 11 is 0. The van der Waals surface area contributed by atoms with E-state index in [-0.39, 0.29) is 29.3 Å². The molecule has 1 aromatic carbocycles. The van der Waals surface area contributed by atoms with Crippen LogP contribution < -0.4 is 10.6 Å².